The van der Waals surface area contributed by atoms with Gasteiger partial charge in [-0.15, -0.1) is 0 Å². The number of carbonyl (C=O) groups excluding carboxylic acids is 3. The van der Waals surface area contributed by atoms with Crippen molar-refractivity contribution in [2.45, 2.75) is 45.3 Å². The molecule has 0 aliphatic carbocycles. The van der Waals surface area contributed by atoms with Crippen LogP contribution in [0.25, 0.3) is 10.9 Å². The van der Waals surface area contributed by atoms with Gasteiger partial charge in [-0.2, -0.15) is 0 Å². The van der Waals surface area contributed by atoms with Crippen molar-refractivity contribution >= 4 is 62.0 Å². The molecule has 0 unspecified atom stereocenters. The topological polar surface area (TPSA) is 154 Å². The Morgan fingerprint density at radius 2 is 1.71 bits per heavy atom. The van der Waals surface area contributed by atoms with Gasteiger partial charge in [0.1, 0.15) is 11.3 Å². The summed E-state index contributed by atoms with van der Waals surface area (Å²) in [4.78, 5) is 49.6. The maximum Gasteiger partial charge on any atom is 0.355 e. The highest BCUT2D eigenvalue weighted by molar-refractivity contribution is 7.92. The molecule has 4 aromatic rings. The van der Waals surface area contributed by atoms with Crippen molar-refractivity contribution in [1.29, 1.82) is 0 Å². The summed E-state index contributed by atoms with van der Waals surface area (Å²) < 4.78 is 31.9. The van der Waals surface area contributed by atoms with E-state index in [1.54, 1.807) is 57.4 Å². The van der Waals surface area contributed by atoms with Crippen LogP contribution >= 0.6 is 0 Å². The number of rotatable bonds is 9. The predicted molar refractivity (Wildman–Crippen MR) is 174 cm³/mol. The van der Waals surface area contributed by atoms with Crippen molar-refractivity contribution in [3.8, 4) is 0 Å². The van der Waals surface area contributed by atoms with Gasteiger partial charge in [0, 0.05) is 53.8 Å². The molecule has 2 aromatic carbocycles. The van der Waals surface area contributed by atoms with Crippen LogP contribution in [0, 0.1) is 0 Å². The lowest BCUT2D eigenvalue weighted by Crippen LogP contribution is -2.45. The van der Waals surface area contributed by atoms with E-state index in [1.165, 1.54) is 23.1 Å². The number of aromatic amines is 1. The maximum absolute atomic E-state index is 13.7. The van der Waals surface area contributed by atoms with Crippen LogP contribution in [0.1, 0.15) is 54.5 Å². The molecular weight excluding hydrogens is 596 g/mol. The minimum atomic E-state index is -3.61. The van der Waals surface area contributed by atoms with Gasteiger partial charge in [-0.25, -0.2) is 13.2 Å². The lowest BCUT2D eigenvalue weighted by Gasteiger charge is -2.38. The fourth-order valence-corrected chi connectivity index (χ4v) is 5.91. The van der Waals surface area contributed by atoms with Gasteiger partial charge in [0.05, 0.1) is 23.2 Å². The van der Waals surface area contributed by atoms with E-state index < -0.39 is 27.5 Å². The van der Waals surface area contributed by atoms with Crippen LogP contribution in [0.15, 0.2) is 67.0 Å². The number of carbonyl (C=O) groups is 3. The number of anilines is 4. The van der Waals surface area contributed by atoms with Gasteiger partial charge in [0.25, 0.3) is 5.91 Å². The Morgan fingerprint density at radius 3 is 2.36 bits per heavy atom. The van der Waals surface area contributed by atoms with Crippen LogP contribution in [0.4, 0.5) is 22.7 Å². The summed E-state index contributed by atoms with van der Waals surface area (Å²) in [6.45, 7) is 6.73. The van der Waals surface area contributed by atoms with Gasteiger partial charge < -0.3 is 24.8 Å². The van der Waals surface area contributed by atoms with Gasteiger partial charge in [-0.1, -0.05) is 6.07 Å². The zero-order valence-corrected chi connectivity index (χ0v) is 26.3. The minimum Gasteiger partial charge on any atom is -0.455 e. The number of hydrogen-bond acceptors (Lipinski definition) is 8. The monoisotopic (exact) mass is 632 g/mol. The summed E-state index contributed by atoms with van der Waals surface area (Å²) >= 11 is 0. The normalized spacial score (nSPS) is 14.2. The van der Waals surface area contributed by atoms with E-state index in [2.05, 4.69) is 24.9 Å². The number of ether oxygens (including phenoxy) is 1. The number of fused-ring (bicyclic) bond motifs is 1. The molecule has 12 nitrogen and oxygen atoms in total. The van der Waals surface area contributed by atoms with Gasteiger partial charge in [-0.3, -0.25) is 19.3 Å². The van der Waals surface area contributed by atoms with E-state index in [9.17, 15) is 22.8 Å². The van der Waals surface area contributed by atoms with Crippen LogP contribution in [0.3, 0.4) is 0 Å². The number of piperidine rings is 1. The molecule has 13 heteroatoms. The Labute approximate surface area is 261 Å². The number of benzene rings is 2. The highest BCUT2D eigenvalue weighted by Gasteiger charge is 2.28. The third-order valence-electron chi connectivity index (χ3n) is 7.32. The Hall–Kier alpha value is -4.91. The second-order valence-electron chi connectivity index (χ2n) is 12.0. The van der Waals surface area contributed by atoms with Crippen molar-refractivity contribution in [1.82, 2.24) is 9.97 Å². The second kappa shape index (κ2) is 12.6. The molecule has 2 amide bonds. The van der Waals surface area contributed by atoms with Crippen molar-refractivity contribution in [2.24, 2.45) is 0 Å². The van der Waals surface area contributed by atoms with Crippen molar-refractivity contribution in [3.63, 3.8) is 0 Å². The number of nitrogens with one attached hydrogen (secondary N) is 3. The molecule has 1 aliphatic heterocycles. The average Bonchev–Trinajstić information content (AvgIpc) is 3.41. The summed E-state index contributed by atoms with van der Waals surface area (Å²) in [5, 5.41) is 3.64. The first-order valence-corrected chi connectivity index (χ1v) is 16.4. The average molecular weight is 633 g/mol. The Kier molecular flexibility index (Phi) is 8.82. The lowest BCUT2D eigenvalue weighted by atomic mass is 10.0. The second-order valence-corrected chi connectivity index (χ2v) is 13.7. The van der Waals surface area contributed by atoms with Crippen LogP contribution in [0.2, 0.25) is 0 Å². The zero-order valence-electron chi connectivity index (χ0n) is 25.5. The Balaban J connectivity index is 1.40. The lowest BCUT2D eigenvalue weighted by molar-refractivity contribution is -0.108. The molecule has 1 saturated heterocycles. The molecule has 3 heterocycles. The summed E-state index contributed by atoms with van der Waals surface area (Å²) in [5.41, 5.74) is 2.46. The van der Waals surface area contributed by atoms with Gasteiger partial charge in [0.2, 0.25) is 16.4 Å². The first-order chi connectivity index (χ1) is 21.3. The molecule has 45 heavy (non-hydrogen) atoms. The third kappa shape index (κ3) is 7.79. The van der Waals surface area contributed by atoms with E-state index >= 15 is 0 Å². The molecule has 0 saturated carbocycles. The number of sulfonamides is 1. The quantitative estimate of drug-likeness (QED) is 0.176. The summed E-state index contributed by atoms with van der Waals surface area (Å²) in [6, 6.07) is 15.0. The van der Waals surface area contributed by atoms with Crippen LogP contribution < -0.4 is 19.8 Å². The first-order valence-electron chi connectivity index (χ1n) is 14.5. The van der Waals surface area contributed by atoms with E-state index in [4.69, 9.17) is 4.74 Å². The molecule has 0 atom stereocenters. The largest absolute Gasteiger partial charge is 0.455 e. The fourth-order valence-electron chi connectivity index (χ4n) is 5.36. The zero-order chi connectivity index (χ0) is 32.4. The van der Waals surface area contributed by atoms with Crippen LogP contribution in [-0.2, 0) is 19.6 Å². The molecule has 1 fully saturated rings. The predicted octanol–water partition coefficient (Wildman–Crippen LogP) is 4.77. The number of esters is 1. The fraction of sp³-hybridized carbons (Fsp3) is 0.312. The highest BCUT2D eigenvalue weighted by Crippen LogP contribution is 2.31. The van der Waals surface area contributed by atoms with Crippen molar-refractivity contribution < 1.29 is 27.5 Å². The number of amides is 2. The number of nitrogens with zero attached hydrogens (tertiary/aromatic N) is 3. The molecule has 5 rings (SSSR count). The number of H-pyrrole nitrogens is 1. The standard InChI is InChI=1S/C32H36N6O6S/c1-32(2,3)44-31(41)28-17-21-5-6-22(18-27(21)35-28)34-30(40)26-8-7-23(36-45(4,42)43)19-29(26)38(20-39)25-11-15-37(16-12-25)24-9-13-33-14-10-24/h5-10,13-14,17-20,25,35-36H,11-12,15-16H2,1-4H3,(H,34,40). The molecule has 0 spiro atoms. The molecular formula is C32H36N6O6S. The molecule has 236 valence electrons. The molecule has 1 aliphatic rings. The summed E-state index contributed by atoms with van der Waals surface area (Å²) in [7, 11) is -3.61. The number of pyridine rings is 1. The Bertz CT molecular complexity index is 1830. The van der Waals surface area contributed by atoms with Crippen LogP contribution in [-0.4, -0.2) is 67.7 Å². The number of aromatic nitrogens is 2. The first kappa shape index (κ1) is 31.5. The molecule has 3 N–H and O–H groups in total. The van der Waals surface area contributed by atoms with E-state index in [-0.39, 0.29) is 28.7 Å². The maximum atomic E-state index is 13.7. The SMILES string of the molecule is CC(C)(C)OC(=O)c1cc2ccc(NC(=O)c3ccc(NS(C)(=O)=O)cc3N(C=O)C3CCN(c4ccncc4)CC3)cc2[nH]1. The van der Waals surface area contributed by atoms with Gasteiger partial charge in [-0.05, 0) is 82.1 Å². The Morgan fingerprint density at radius 1 is 1.02 bits per heavy atom. The van der Waals surface area contributed by atoms with Gasteiger partial charge in [0.15, 0.2) is 0 Å². The molecule has 0 bridgehead atoms. The van der Waals surface area contributed by atoms with Crippen molar-refractivity contribution in [2.75, 3.05) is 39.2 Å². The third-order valence-corrected chi connectivity index (χ3v) is 7.93. The molecule has 2 aromatic heterocycles. The number of hydrogen-bond donors (Lipinski definition) is 3. The highest BCUT2D eigenvalue weighted by atomic mass is 32.2. The van der Waals surface area contributed by atoms with Crippen molar-refractivity contribution in [3.05, 3.63) is 78.2 Å². The summed E-state index contributed by atoms with van der Waals surface area (Å²) in [6.07, 6.45) is 6.46. The summed E-state index contributed by atoms with van der Waals surface area (Å²) in [5.74, 6) is -0.979. The molecule has 0 radical (unpaired) electrons. The smallest absolute Gasteiger partial charge is 0.355 e. The van der Waals surface area contributed by atoms with E-state index in [0.717, 1.165) is 17.3 Å². The van der Waals surface area contributed by atoms with Crippen LogP contribution in [0.5, 0.6) is 0 Å². The van der Waals surface area contributed by atoms with Gasteiger partial charge >= 0.3 is 5.97 Å². The van der Waals surface area contributed by atoms with E-state index in [0.29, 0.717) is 43.5 Å². The minimum absolute atomic E-state index is 0.193. The van der Waals surface area contributed by atoms with E-state index in [1.807, 2.05) is 12.1 Å².